The van der Waals surface area contributed by atoms with Gasteiger partial charge in [-0.05, 0) is 29.8 Å². The van der Waals surface area contributed by atoms with Gasteiger partial charge in [0.15, 0.2) is 0 Å². The number of fused-ring (bicyclic) bond motifs is 1. The molecule has 0 aliphatic carbocycles. The summed E-state index contributed by atoms with van der Waals surface area (Å²) in [6.45, 7) is 1.59. The second kappa shape index (κ2) is 5.52. The van der Waals surface area contributed by atoms with Crippen LogP contribution in [0.2, 0.25) is 0 Å². The number of carbonyl (C=O) groups is 2. The largest absolute Gasteiger partial charge is 0.467 e. The first-order valence-corrected chi connectivity index (χ1v) is 5.99. The number of methoxy groups -OCH3 is 1. The third kappa shape index (κ3) is 2.91. The van der Waals surface area contributed by atoms with Gasteiger partial charge >= 0.3 is 5.97 Å². The second-order valence-corrected chi connectivity index (χ2v) is 4.28. The van der Waals surface area contributed by atoms with Crippen LogP contribution in [0, 0.1) is 0 Å². The van der Waals surface area contributed by atoms with Crippen LogP contribution in [0.25, 0.3) is 10.8 Å². The molecule has 0 saturated carbocycles. The van der Waals surface area contributed by atoms with E-state index in [1.165, 1.54) is 7.11 Å². The van der Waals surface area contributed by atoms with Crippen LogP contribution in [0.15, 0.2) is 42.5 Å². The van der Waals surface area contributed by atoms with Crippen molar-refractivity contribution >= 4 is 22.6 Å². The molecule has 0 heterocycles. The minimum Gasteiger partial charge on any atom is -0.467 e. The van der Waals surface area contributed by atoms with E-state index in [-0.39, 0.29) is 5.91 Å². The number of benzene rings is 2. The van der Waals surface area contributed by atoms with Gasteiger partial charge in [0, 0.05) is 5.56 Å². The van der Waals surface area contributed by atoms with Crippen LogP contribution in [0.1, 0.15) is 17.3 Å². The zero-order valence-corrected chi connectivity index (χ0v) is 10.8. The summed E-state index contributed by atoms with van der Waals surface area (Å²) in [5.41, 5.74) is 0.523. The molecule has 0 aliphatic heterocycles. The lowest BCUT2D eigenvalue weighted by Gasteiger charge is -2.11. The summed E-state index contributed by atoms with van der Waals surface area (Å²) in [4.78, 5) is 23.3. The molecule has 2 aromatic carbocycles. The maximum absolute atomic E-state index is 12.0. The van der Waals surface area contributed by atoms with Crippen molar-refractivity contribution in [3.05, 3.63) is 48.0 Å². The molecule has 19 heavy (non-hydrogen) atoms. The van der Waals surface area contributed by atoms with Crippen LogP contribution in [0.3, 0.4) is 0 Å². The molecule has 1 atom stereocenters. The van der Waals surface area contributed by atoms with Gasteiger partial charge in [0.1, 0.15) is 6.04 Å². The van der Waals surface area contributed by atoms with Gasteiger partial charge in [0.05, 0.1) is 7.11 Å². The fourth-order valence-corrected chi connectivity index (χ4v) is 1.85. The van der Waals surface area contributed by atoms with Crippen LogP contribution < -0.4 is 5.32 Å². The van der Waals surface area contributed by atoms with E-state index >= 15 is 0 Å². The summed E-state index contributed by atoms with van der Waals surface area (Å²) in [5.74, 6) is -0.752. The molecule has 98 valence electrons. The molecular weight excluding hydrogens is 242 g/mol. The van der Waals surface area contributed by atoms with Gasteiger partial charge in [-0.2, -0.15) is 0 Å². The minimum absolute atomic E-state index is 0.288. The molecule has 0 spiro atoms. The highest BCUT2D eigenvalue weighted by Crippen LogP contribution is 2.15. The summed E-state index contributed by atoms with van der Waals surface area (Å²) in [6.07, 6.45) is 0. The fourth-order valence-electron chi connectivity index (χ4n) is 1.85. The van der Waals surface area contributed by atoms with E-state index in [0.717, 1.165) is 10.8 Å². The van der Waals surface area contributed by atoms with Gasteiger partial charge in [-0.15, -0.1) is 0 Å². The molecule has 4 heteroatoms. The molecule has 1 amide bonds. The molecule has 1 N–H and O–H groups in total. The predicted molar refractivity (Wildman–Crippen MR) is 72.9 cm³/mol. The van der Waals surface area contributed by atoms with Crippen molar-refractivity contribution in [3.8, 4) is 0 Å². The van der Waals surface area contributed by atoms with Crippen LogP contribution in [0.4, 0.5) is 0 Å². The van der Waals surface area contributed by atoms with E-state index in [1.54, 1.807) is 19.1 Å². The van der Waals surface area contributed by atoms with Gasteiger partial charge < -0.3 is 10.1 Å². The molecule has 0 aromatic heterocycles. The first-order valence-electron chi connectivity index (χ1n) is 5.99. The van der Waals surface area contributed by atoms with Crippen LogP contribution in [0.5, 0.6) is 0 Å². The van der Waals surface area contributed by atoms with Crippen molar-refractivity contribution in [3.63, 3.8) is 0 Å². The van der Waals surface area contributed by atoms with Gasteiger partial charge in [-0.3, -0.25) is 4.79 Å². The third-order valence-electron chi connectivity index (χ3n) is 2.91. The summed E-state index contributed by atoms with van der Waals surface area (Å²) in [5, 5.41) is 4.65. The van der Waals surface area contributed by atoms with Crippen molar-refractivity contribution in [2.75, 3.05) is 7.11 Å². The van der Waals surface area contributed by atoms with Crippen LogP contribution in [-0.4, -0.2) is 25.0 Å². The highest BCUT2D eigenvalue weighted by molar-refractivity contribution is 6.00. The Hall–Kier alpha value is -2.36. The van der Waals surface area contributed by atoms with Gasteiger partial charge in [0.25, 0.3) is 5.91 Å². The zero-order valence-electron chi connectivity index (χ0n) is 10.8. The van der Waals surface area contributed by atoms with Crippen molar-refractivity contribution in [2.45, 2.75) is 13.0 Å². The molecule has 0 unspecified atom stereocenters. The summed E-state index contributed by atoms with van der Waals surface area (Å²) >= 11 is 0. The summed E-state index contributed by atoms with van der Waals surface area (Å²) in [6, 6.07) is 12.5. The molecule has 0 aliphatic rings. The van der Waals surface area contributed by atoms with Crippen LogP contribution >= 0.6 is 0 Å². The van der Waals surface area contributed by atoms with Gasteiger partial charge in [0.2, 0.25) is 0 Å². The molecule has 0 fully saturated rings. The third-order valence-corrected chi connectivity index (χ3v) is 2.91. The average Bonchev–Trinajstić information content (AvgIpc) is 2.45. The van der Waals surface area contributed by atoms with E-state index < -0.39 is 12.0 Å². The number of esters is 1. The van der Waals surface area contributed by atoms with Crippen molar-refractivity contribution in [2.24, 2.45) is 0 Å². The molecular formula is C15H15NO3. The Labute approximate surface area is 111 Å². The number of amides is 1. The standard InChI is InChI=1S/C15H15NO3/c1-10(15(18)19-2)16-14(17)13-8-7-11-5-3-4-6-12(11)9-13/h3-10H,1-2H3,(H,16,17)/t10-/m1/s1. The zero-order chi connectivity index (χ0) is 13.8. The van der Waals surface area contributed by atoms with Crippen molar-refractivity contribution in [1.82, 2.24) is 5.32 Å². The SMILES string of the molecule is COC(=O)[C@@H](C)NC(=O)c1ccc2ccccc2c1. The van der Waals surface area contributed by atoms with Gasteiger partial charge in [-0.1, -0.05) is 30.3 Å². The number of rotatable bonds is 3. The fraction of sp³-hybridized carbons (Fsp3) is 0.200. The Morgan fingerprint density at radius 1 is 1.11 bits per heavy atom. The number of ether oxygens (including phenoxy) is 1. The second-order valence-electron chi connectivity index (χ2n) is 4.28. The smallest absolute Gasteiger partial charge is 0.328 e. The first kappa shape index (κ1) is 13.1. The Kier molecular flexibility index (Phi) is 3.80. The van der Waals surface area contributed by atoms with E-state index in [1.807, 2.05) is 30.3 Å². The number of carbonyl (C=O) groups excluding carboxylic acids is 2. The Morgan fingerprint density at radius 2 is 1.79 bits per heavy atom. The Balaban J connectivity index is 2.19. The first-order chi connectivity index (χ1) is 9.11. The van der Waals surface area contributed by atoms with E-state index in [0.29, 0.717) is 5.56 Å². The lowest BCUT2D eigenvalue weighted by Crippen LogP contribution is -2.39. The molecule has 0 radical (unpaired) electrons. The lowest BCUT2D eigenvalue weighted by atomic mass is 10.1. The predicted octanol–water partition coefficient (Wildman–Crippen LogP) is 2.13. The van der Waals surface area contributed by atoms with Crippen molar-refractivity contribution in [1.29, 1.82) is 0 Å². The van der Waals surface area contributed by atoms with Crippen LogP contribution in [-0.2, 0) is 9.53 Å². The molecule has 0 saturated heterocycles. The minimum atomic E-state index is -0.663. The summed E-state index contributed by atoms with van der Waals surface area (Å²) < 4.78 is 4.57. The number of hydrogen-bond donors (Lipinski definition) is 1. The number of hydrogen-bond acceptors (Lipinski definition) is 3. The quantitative estimate of drug-likeness (QED) is 0.857. The lowest BCUT2D eigenvalue weighted by molar-refractivity contribution is -0.142. The molecule has 0 bridgehead atoms. The molecule has 4 nitrogen and oxygen atoms in total. The van der Waals surface area contributed by atoms with E-state index in [2.05, 4.69) is 10.1 Å². The highest BCUT2D eigenvalue weighted by Gasteiger charge is 2.16. The summed E-state index contributed by atoms with van der Waals surface area (Å²) in [7, 11) is 1.29. The number of nitrogens with one attached hydrogen (secondary N) is 1. The highest BCUT2D eigenvalue weighted by atomic mass is 16.5. The van der Waals surface area contributed by atoms with Crippen molar-refractivity contribution < 1.29 is 14.3 Å². The van der Waals surface area contributed by atoms with Gasteiger partial charge in [-0.25, -0.2) is 4.79 Å². The average molecular weight is 257 g/mol. The molecule has 2 rings (SSSR count). The maximum Gasteiger partial charge on any atom is 0.328 e. The Bertz CT molecular complexity index is 622. The van der Waals surface area contributed by atoms with E-state index in [9.17, 15) is 9.59 Å². The molecule has 2 aromatic rings. The monoisotopic (exact) mass is 257 g/mol. The Morgan fingerprint density at radius 3 is 2.47 bits per heavy atom. The topological polar surface area (TPSA) is 55.4 Å². The van der Waals surface area contributed by atoms with E-state index in [4.69, 9.17) is 0 Å². The normalized spacial score (nSPS) is 11.9. The maximum atomic E-state index is 12.0.